The normalized spacial score (nSPS) is 11.3. The van der Waals surface area contributed by atoms with Gasteiger partial charge in [-0.05, 0) is 44.4 Å². The highest BCUT2D eigenvalue weighted by Gasteiger charge is 2.26. The number of rotatable bonds is 9. The highest BCUT2D eigenvalue weighted by molar-refractivity contribution is 8.00. The Hall–Kier alpha value is -2.88. The molecule has 0 aromatic carbocycles. The van der Waals surface area contributed by atoms with Crippen molar-refractivity contribution in [3.05, 3.63) is 39.4 Å². The van der Waals surface area contributed by atoms with E-state index in [1.165, 1.54) is 11.8 Å². The van der Waals surface area contributed by atoms with Crippen LogP contribution in [-0.2, 0) is 16.0 Å². The Morgan fingerprint density at radius 1 is 1.26 bits per heavy atom. The van der Waals surface area contributed by atoms with Crippen LogP contribution in [0.3, 0.4) is 0 Å². The second-order valence-electron chi connectivity index (χ2n) is 6.61. The summed E-state index contributed by atoms with van der Waals surface area (Å²) >= 11 is 2.26. The van der Waals surface area contributed by atoms with Gasteiger partial charge in [-0.3, -0.25) is 4.79 Å². The largest absolute Gasteiger partial charge is 0.462 e. The summed E-state index contributed by atoms with van der Waals surface area (Å²) < 4.78 is 5.04. The van der Waals surface area contributed by atoms with E-state index < -0.39 is 11.2 Å². The molecule has 2 aromatic rings. The second kappa shape index (κ2) is 11.5. The van der Waals surface area contributed by atoms with Crippen LogP contribution in [0, 0.1) is 29.6 Å². The standard InChI is InChI=1S/C22H24N4O3S2/c1-5-8-15-10-9-14(11-23)20(25-15)30-17(6-2)19(27)26-21-16(12-24)13(4)18(31-21)22(28)29-7-3/h9-10,17H,5-8H2,1-4H3,(H,26,27). The number of aryl methyl sites for hydroxylation is 1. The smallest absolute Gasteiger partial charge is 0.348 e. The number of nitrogens with zero attached hydrogens (tertiary/aromatic N) is 3. The van der Waals surface area contributed by atoms with E-state index >= 15 is 0 Å². The number of nitrogens with one attached hydrogen (secondary N) is 1. The molecule has 0 aliphatic heterocycles. The highest BCUT2D eigenvalue weighted by atomic mass is 32.2. The molecular weight excluding hydrogens is 432 g/mol. The van der Waals surface area contributed by atoms with Crippen LogP contribution >= 0.6 is 23.1 Å². The SMILES string of the molecule is CCCc1ccc(C#N)c(SC(CC)C(=O)Nc2sc(C(=O)OCC)c(C)c2C#N)n1. The van der Waals surface area contributed by atoms with Crippen molar-refractivity contribution in [3.63, 3.8) is 0 Å². The van der Waals surface area contributed by atoms with Gasteiger partial charge in [0.2, 0.25) is 5.91 Å². The Morgan fingerprint density at radius 3 is 2.58 bits per heavy atom. The predicted molar refractivity (Wildman–Crippen MR) is 121 cm³/mol. The number of esters is 1. The maximum Gasteiger partial charge on any atom is 0.348 e. The Bertz CT molecular complexity index is 1050. The molecule has 2 rings (SSSR count). The number of carbonyl (C=O) groups is 2. The number of thiophene rings is 1. The topological polar surface area (TPSA) is 116 Å². The van der Waals surface area contributed by atoms with Gasteiger partial charge in [0.1, 0.15) is 27.0 Å². The maximum atomic E-state index is 13.0. The van der Waals surface area contributed by atoms with E-state index in [0.717, 1.165) is 29.9 Å². The van der Waals surface area contributed by atoms with Gasteiger partial charge in [0.15, 0.2) is 0 Å². The molecule has 9 heteroatoms. The predicted octanol–water partition coefficient (Wildman–Crippen LogP) is 4.83. The van der Waals surface area contributed by atoms with Crippen LogP contribution in [-0.4, -0.2) is 28.7 Å². The molecule has 0 saturated heterocycles. The number of hydrogen-bond acceptors (Lipinski definition) is 8. The number of carbonyl (C=O) groups excluding carboxylic acids is 2. The molecule has 0 aliphatic carbocycles. The molecule has 2 heterocycles. The lowest BCUT2D eigenvalue weighted by atomic mass is 10.1. The minimum atomic E-state index is -0.517. The van der Waals surface area contributed by atoms with Crippen molar-refractivity contribution in [1.29, 1.82) is 10.5 Å². The molecule has 0 radical (unpaired) electrons. The fourth-order valence-corrected chi connectivity index (χ4v) is 4.89. The fraction of sp³-hybridized carbons (Fsp3) is 0.409. The van der Waals surface area contributed by atoms with E-state index in [-0.39, 0.29) is 18.1 Å². The molecule has 1 amide bonds. The number of hydrogen-bond donors (Lipinski definition) is 1. The Balaban J connectivity index is 2.28. The number of anilines is 1. The quantitative estimate of drug-likeness (QED) is 0.424. The van der Waals surface area contributed by atoms with Crippen LogP contribution < -0.4 is 5.32 Å². The molecule has 0 saturated carbocycles. The van der Waals surface area contributed by atoms with Gasteiger partial charge in [0, 0.05) is 5.69 Å². The summed E-state index contributed by atoms with van der Waals surface area (Å²) in [5.41, 5.74) is 2.04. The third-order valence-electron chi connectivity index (χ3n) is 4.42. The average molecular weight is 457 g/mol. The Kier molecular flexibility index (Phi) is 9.04. The van der Waals surface area contributed by atoms with Crippen LogP contribution in [0.25, 0.3) is 0 Å². The molecule has 0 aliphatic rings. The zero-order valence-electron chi connectivity index (χ0n) is 17.9. The van der Waals surface area contributed by atoms with Crippen molar-refractivity contribution in [3.8, 4) is 12.1 Å². The lowest BCUT2D eigenvalue weighted by molar-refractivity contribution is -0.115. The Labute approximate surface area is 190 Å². The zero-order chi connectivity index (χ0) is 23.0. The van der Waals surface area contributed by atoms with Crippen molar-refractivity contribution < 1.29 is 14.3 Å². The summed E-state index contributed by atoms with van der Waals surface area (Å²) in [5.74, 6) is -0.828. The van der Waals surface area contributed by atoms with Gasteiger partial charge in [-0.25, -0.2) is 9.78 Å². The van der Waals surface area contributed by atoms with Crippen LogP contribution in [0.15, 0.2) is 17.2 Å². The molecule has 0 bridgehead atoms. The molecule has 2 aromatic heterocycles. The molecule has 0 fully saturated rings. The number of amides is 1. The lowest BCUT2D eigenvalue weighted by Gasteiger charge is -2.15. The van der Waals surface area contributed by atoms with Gasteiger partial charge < -0.3 is 10.1 Å². The van der Waals surface area contributed by atoms with Gasteiger partial charge in [-0.1, -0.05) is 32.0 Å². The third kappa shape index (κ3) is 5.84. The zero-order valence-corrected chi connectivity index (χ0v) is 19.6. The summed E-state index contributed by atoms with van der Waals surface area (Å²) in [6.07, 6.45) is 2.22. The molecule has 162 valence electrons. The van der Waals surface area contributed by atoms with Gasteiger partial charge in [-0.2, -0.15) is 10.5 Å². The van der Waals surface area contributed by atoms with Crippen LogP contribution in [0.5, 0.6) is 0 Å². The lowest BCUT2D eigenvalue weighted by Crippen LogP contribution is -2.24. The van der Waals surface area contributed by atoms with Crippen molar-refractivity contribution in [2.24, 2.45) is 0 Å². The average Bonchev–Trinajstić information content (AvgIpc) is 3.07. The maximum absolute atomic E-state index is 13.0. The van der Waals surface area contributed by atoms with Crippen molar-refractivity contribution in [1.82, 2.24) is 4.98 Å². The minimum Gasteiger partial charge on any atom is -0.462 e. The number of aromatic nitrogens is 1. The number of nitriles is 2. The first-order valence-electron chi connectivity index (χ1n) is 9.98. The van der Waals surface area contributed by atoms with E-state index in [1.807, 2.05) is 13.0 Å². The molecule has 1 unspecified atom stereocenters. The van der Waals surface area contributed by atoms with E-state index in [4.69, 9.17) is 4.74 Å². The minimum absolute atomic E-state index is 0.222. The fourth-order valence-electron chi connectivity index (χ4n) is 2.83. The number of thioether (sulfide) groups is 1. The van der Waals surface area contributed by atoms with Crippen molar-refractivity contribution >= 4 is 40.0 Å². The van der Waals surface area contributed by atoms with Gasteiger partial charge in [0.05, 0.1) is 23.0 Å². The first-order valence-corrected chi connectivity index (χ1v) is 11.7. The highest BCUT2D eigenvalue weighted by Crippen LogP contribution is 2.34. The molecular formula is C22H24N4O3S2. The summed E-state index contributed by atoms with van der Waals surface area (Å²) in [7, 11) is 0. The van der Waals surface area contributed by atoms with Crippen molar-refractivity contribution in [2.75, 3.05) is 11.9 Å². The van der Waals surface area contributed by atoms with Crippen molar-refractivity contribution in [2.45, 2.75) is 57.2 Å². The second-order valence-corrected chi connectivity index (χ2v) is 8.83. The summed E-state index contributed by atoms with van der Waals surface area (Å²) in [6, 6.07) is 7.75. The first-order chi connectivity index (χ1) is 14.9. The van der Waals surface area contributed by atoms with Crippen LogP contribution in [0.1, 0.15) is 65.7 Å². The Morgan fingerprint density at radius 2 is 2.00 bits per heavy atom. The molecule has 1 atom stereocenters. The van der Waals surface area contributed by atoms with E-state index in [9.17, 15) is 20.1 Å². The molecule has 0 spiro atoms. The van der Waals surface area contributed by atoms with Gasteiger partial charge >= 0.3 is 5.97 Å². The van der Waals surface area contributed by atoms with E-state index in [1.54, 1.807) is 19.9 Å². The molecule has 1 N–H and O–H groups in total. The third-order valence-corrected chi connectivity index (χ3v) is 6.97. The monoisotopic (exact) mass is 456 g/mol. The summed E-state index contributed by atoms with van der Waals surface area (Å²) in [4.78, 5) is 30.0. The van der Waals surface area contributed by atoms with E-state index in [2.05, 4.69) is 29.4 Å². The summed E-state index contributed by atoms with van der Waals surface area (Å²) in [5, 5.41) is 22.0. The van der Waals surface area contributed by atoms with Gasteiger partial charge in [0.25, 0.3) is 0 Å². The van der Waals surface area contributed by atoms with E-state index in [0.29, 0.717) is 32.5 Å². The summed E-state index contributed by atoms with van der Waals surface area (Å²) in [6.45, 7) is 7.51. The number of ether oxygens (including phenoxy) is 1. The van der Waals surface area contributed by atoms with Crippen LogP contribution in [0.2, 0.25) is 0 Å². The molecule has 31 heavy (non-hydrogen) atoms. The number of pyridine rings is 1. The van der Waals surface area contributed by atoms with Gasteiger partial charge in [-0.15, -0.1) is 11.3 Å². The molecule has 7 nitrogen and oxygen atoms in total. The van der Waals surface area contributed by atoms with Crippen LogP contribution in [0.4, 0.5) is 5.00 Å². The first kappa shape index (κ1) is 24.4.